The Kier molecular flexibility index (Phi) is 5.54. The van der Waals surface area contributed by atoms with Crippen molar-refractivity contribution in [3.8, 4) is 0 Å². The zero-order chi connectivity index (χ0) is 21.1. The normalized spacial score (nSPS) is 10.7. The molecule has 13 heteroatoms. The molecule has 0 radical (unpaired) electrons. The molecular formula is C16H14ClN7O5. The maximum absolute atomic E-state index is 12.2. The van der Waals surface area contributed by atoms with Crippen LogP contribution in [-0.2, 0) is 17.9 Å². The molecule has 0 bridgehead atoms. The molecule has 1 amide bonds. The molecule has 0 aliphatic heterocycles. The summed E-state index contributed by atoms with van der Waals surface area (Å²) in [6.45, 7) is 1.25. The first-order valence-corrected chi connectivity index (χ1v) is 8.56. The van der Waals surface area contributed by atoms with Crippen molar-refractivity contribution < 1.29 is 14.6 Å². The van der Waals surface area contributed by atoms with Crippen molar-refractivity contribution in [1.29, 1.82) is 0 Å². The van der Waals surface area contributed by atoms with Crippen molar-refractivity contribution in [2.75, 3.05) is 5.32 Å². The Hall–Kier alpha value is -3.80. The minimum atomic E-state index is -0.960. The van der Waals surface area contributed by atoms with E-state index in [4.69, 9.17) is 11.6 Å². The summed E-state index contributed by atoms with van der Waals surface area (Å²) in [6, 6.07) is 7.27. The molecule has 3 rings (SSSR count). The average Bonchev–Trinajstić information content (AvgIpc) is 3.21. The third kappa shape index (κ3) is 4.38. The van der Waals surface area contributed by atoms with Crippen LogP contribution in [0.2, 0.25) is 5.02 Å². The van der Waals surface area contributed by atoms with E-state index < -0.39 is 33.8 Å². The monoisotopic (exact) mass is 419 g/mol. The lowest BCUT2D eigenvalue weighted by atomic mass is 10.2. The number of benzene rings is 1. The van der Waals surface area contributed by atoms with Crippen LogP contribution in [-0.4, -0.2) is 35.3 Å². The average molecular weight is 420 g/mol. The Morgan fingerprint density at radius 2 is 1.97 bits per heavy atom. The SMILES string of the molecule is Cc1c([N+](=O)[O-])c([N+](=O)[O-])nn1CC(=O)Nc1cnn(Cc2ccccc2Cl)c1. The largest absolute Gasteiger partial charge is 0.468 e. The number of hydrogen-bond acceptors (Lipinski definition) is 7. The first-order chi connectivity index (χ1) is 13.8. The minimum Gasteiger partial charge on any atom is -0.358 e. The number of carbonyl (C=O) groups excluding carboxylic acids is 1. The van der Waals surface area contributed by atoms with Crippen LogP contribution in [0.15, 0.2) is 36.7 Å². The first-order valence-electron chi connectivity index (χ1n) is 8.18. The van der Waals surface area contributed by atoms with E-state index in [1.165, 1.54) is 13.1 Å². The minimum absolute atomic E-state index is 0.0914. The van der Waals surface area contributed by atoms with Gasteiger partial charge in [-0.2, -0.15) is 9.78 Å². The molecule has 12 nitrogen and oxygen atoms in total. The molecule has 0 fully saturated rings. The highest BCUT2D eigenvalue weighted by Gasteiger charge is 2.35. The lowest BCUT2D eigenvalue weighted by Gasteiger charge is -2.04. The van der Waals surface area contributed by atoms with Crippen LogP contribution in [0, 0.1) is 27.2 Å². The van der Waals surface area contributed by atoms with Crippen LogP contribution in [0.4, 0.5) is 17.2 Å². The highest BCUT2D eigenvalue weighted by atomic mass is 35.5. The van der Waals surface area contributed by atoms with Crippen LogP contribution >= 0.6 is 11.6 Å². The molecule has 2 heterocycles. The van der Waals surface area contributed by atoms with Gasteiger partial charge < -0.3 is 15.4 Å². The van der Waals surface area contributed by atoms with Gasteiger partial charge in [-0.15, -0.1) is 0 Å². The van der Waals surface area contributed by atoms with E-state index in [2.05, 4.69) is 15.5 Å². The van der Waals surface area contributed by atoms with Gasteiger partial charge in [0, 0.05) is 11.2 Å². The predicted octanol–water partition coefficient (Wildman–Crippen LogP) is 2.54. The number of rotatable bonds is 7. The molecule has 29 heavy (non-hydrogen) atoms. The van der Waals surface area contributed by atoms with E-state index in [1.54, 1.807) is 16.9 Å². The highest BCUT2D eigenvalue weighted by molar-refractivity contribution is 6.31. The number of carbonyl (C=O) groups is 1. The van der Waals surface area contributed by atoms with Crippen LogP contribution in [0.5, 0.6) is 0 Å². The predicted molar refractivity (Wildman–Crippen MR) is 102 cm³/mol. The summed E-state index contributed by atoms with van der Waals surface area (Å²) < 4.78 is 2.49. The lowest BCUT2D eigenvalue weighted by molar-refractivity contribution is -0.424. The van der Waals surface area contributed by atoms with Crippen molar-refractivity contribution >= 4 is 34.7 Å². The molecule has 1 N–H and O–H groups in total. The summed E-state index contributed by atoms with van der Waals surface area (Å²) in [6.07, 6.45) is 3.01. The molecule has 0 spiro atoms. The van der Waals surface area contributed by atoms with Gasteiger partial charge in [0.1, 0.15) is 12.2 Å². The molecule has 150 valence electrons. The lowest BCUT2D eigenvalue weighted by Crippen LogP contribution is -2.20. The smallest absolute Gasteiger partial charge is 0.358 e. The molecule has 0 saturated carbocycles. The number of nitrogens with zero attached hydrogens (tertiary/aromatic N) is 6. The summed E-state index contributed by atoms with van der Waals surface area (Å²) >= 11 is 6.11. The van der Waals surface area contributed by atoms with E-state index in [1.807, 2.05) is 18.2 Å². The zero-order valence-electron chi connectivity index (χ0n) is 15.0. The molecule has 0 aliphatic carbocycles. The highest BCUT2D eigenvalue weighted by Crippen LogP contribution is 2.29. The second-order valence-corrected chi connectivity index (χ2v) is 6.40. The third-order valence-corrected chi connectivity index (χ3v) is 4.38. The Morgan fingerprint density at radius 1 is 1.24 bits per heavy atom. The third-order valence-electron chi connectivity index (χ3n) is 4.01. The van der Waals surface area contributed by atoms with Crippen LogP contribution in [0.1, 0.15) is 11.3 Å². The van der Waals surface area contributed by atoms with E-state index in [-0.39, 0.29) is 5.69 Å². The number of anilines is 1. The fraction of sp³-hybridized carbons (Fsp3) is 0.188. The maximum Gasteiger partial charge on any atom is 0.468 e. The van der Waals surface area contributed by atoms with Gasteiger partial charge in [-0.1, -0.05) is 29.8 Å². The number of hydrogen-bond donors (Lipinski definition) is 1. The van der Waals surface area contributed by atoms with Gasteiger partial charge in [0.05, 0.1) is 28.5 Å². The summed E-state index contributed by atoms with van der Waals surface area (Å²) in [4.78, 5) is 32.4. The van der Waals surface area contributed by atoms with Gasteiger partial charge >= 0.3 is 11.5 Å². The van der Waals surface area contributed by atoms with Gasteiger partial charge in [0.2, 0.25) is 5.91 Å². The summed E-state index contributed by atoms with van der Waals surface area (Å²) in [5, 5.41) is 32.8. The number of nitro groups is 2. The van der Waals surface area contributed by atoms with Gasteiger partial charge in [0.15, 0.2) is 0 Å². The van der Waals surface area contributed by atoms with Crippen molar-refractivity contribution in [1.82, 2.24) is 19.6 Å². The van der Waals surface area contributed by atoms with Crippen LogP contribution in [0.3, 0.4) is 0 Å². The molecule has 0 saturated heterocycles. The van der Waals surface area contributed by atoms with Gasteiger partial charge in [-0.05, 0) is 23.5 Å². The Labute approximate surface area is 168 Å². The number of amides is 1. The van der Waals surface area contributed by atoms with E-state index in [0.717, 1.165) is 10.2 Å². The molecular weight excluding hydrogens is 406 g/mol. The fourth-order valence-electron chi connectivity index (χ4n) is 2.66. The molecule has 1 aromatic carbocycles. The second-order valence-electron chi connectivity index (χ2n) is 6.00. The number of halogens is 1. The standard InChI is InChI=1S/C16H14ClN7O5/c1-10-15(23(26)27)16(24(28)29)20-22(10)9-14(25)19-12-6-18-21(8-12)7-11-4-2-3-5-13(11)17/h2-6,8H,7,9H2,1H3,(H,19,25). The summed E-state index contributed by atoms with van der Waals surface area (Å²) in [7, 11) is 0. The van der Waals surface area contributed by atoms with Crippen molar-refractivity contribution in [3.05, 3.63) is 73.2 Å². The van der Waals surface area contributed by atoms with Gasteiger partial charge in [0.25, 0.3) is 0 Å². The summed E-state index contributed by atoms with van der Waals surface area (Å²) in [5.41, 5.74) is 0.402. The molecule has 0 unspecified atom stereocenters. The van der Waals surface area contributed by atoms with Crippen molar-refractivity contribution in [2.24, 2.45) is 0 Å². The Morgan fingerprint density at radius 3 is 2.59 bits per heavy atom. The van der Waals surface area contributed by atoms with Crippen LogP contribution < -0.4 is 5.32 Å². The Bertz CT molecular complexity index is 1110. The topological polar surface area (TPSA) is 151 Å². The zero-order valence-corrected chi connectivity index (χ0v) is 15.7. The van der Waals surface area contributed by atoms with Gasteiger partial charge in [-0.3, -0.25) is 19.6 Å². The van der Waals surface area contributed by atoms with Crippen LogP contribution in [0.25, 0.3) is 0 Å². The van der Waals surface area contributed by atoms with E-state index in [0.29, 0.717) is 17.3 Å². The van der Waals surface area contributed by atoms with Crippen molar-refractivity contribution in [2.45, 2.75) is 20.0 Å². The van der Waals surface area contributed by atoms with Crippen molar-refractivity contribution in [3.63, 3.8) is 0 Å². The molecule has 0 atom stereocenters. The Balaban J connectivity index is 1.70. The van der Waals surface area contributed by atoms with Gasteiger partial charge in [-0.25, -0.2) is 0 Å². The molecule has 2 aromatic heterocycles. The first kappa shape index (κ1) is 19.9. The maximum atomic E-state index is 12.2. The fourth-order valence-corrected chi connectivity index (χ4v) is 2.86. The summed E-state index contributed by atoms with van der Waals surface area (Å²) in [5.74, 6) is -1.48. The van der Waals surface area contributed by atoms with E-state index >= 15 is 0 Å². The second kappa shape index (κ2) is 8.06. The quantitative estimate of drug-likeness (QED) is 0.456. The number of nitrogens with one attached hydrogen (secondary N) is 1. The number of aromatic nitrogens is 4. The molecule has 3 aromatic rings. The van der Waals surface area contributed by atoms with E-state index in [9.17, 15) is 25.0 Å². The molecule has 0 aliphatic rings.